The van der Waals surface area contributed by atoms with E-state index in [-0.39, 0.29) is 17.7 Å². The molecule has 1 aliphatic heterocycles. The van der Waals surface area contributed by atoms with Gasteiger partial charge in [0.1, 0.15) is 0 Å². The summed E-state index contributed by atoms with van der Waals surface area (Å²) in [6.45, 7) is 2.10. The highest BCUT2D eigenvalue weighted by Gasteiger charge is 2.36. The van der Waals surface area contributed by atoms with Crippen LogP contribution in [0.1, 0.15) is 40.1 Å². The molecule has 0 spiro atoms. The van der Waals surface area contributed by atoms with Gasteiger partial charge in [0.15, 0.2) is 5.78 Å². The molecule has 0 fully saturated rings. The number of ketones is 1. The van der Waals surface area contributed by atoms with E-state index in [2.05, 4.69) is 41.8 Å². The average Bonchev–Trinajstić information content (AvgIpc) is 3.06. The van der Waals surface area contributed by atoms with Gasteiger partial charge in [0, 0.05) is 32.5 Å². The zero-order valence-electron chi connectivity index (χ0n) is 16.0. The third-order valence-corrected chi connectivity index (χ3v) is 7.11. The minimum Gasteiger partial charge on any atom is -0.372 e. The number of hydrogen-bond acceptors (Lipinski definition) is 4. The minimum absolute atomic E-state index is 0.0819. The Labute approximate surface area is 179 Å². The molecule has 2 aromatic carbocycles. The fraction of sp³-hybridized carbons (Fsp3) is 0.208. The van der Waals surface area contributed by atoms with Crippen LogP contribution in [0.25, 0.3) is 0 Å². The van der Waals surface area contributed by atoms with Crippen LogP contribution < -0.4 is 10.6 Å². The van der Waals surface area contributed by atoms with Gasteiger partial charge in [-0.15, -0.1) is 11.3 Å². The number of rotatable bonds is 2. The topological polar surface area (TPSA) is 41.1 Å². The largest absolute Gasteiger partial charge is 0.372 e. The lowest BCUT2D eigenvalue weighted by Crippen LogP contribution is -2.26. The summed E-state index contributed by atoms with van der Waals surface area (Å²) in [6, 6.07) is 20.1. The smallest absolute Gasteiger partial charge is 0.163 e. The number of benzene rings is 2. The summed E-state index contributed by atoms with van der Waals surface area (Å²) in [5, 5.41) is 7.93. The Morgan fingerprint density at radius 3 is 2.48 bits per heavy atom. The number of anilines is 2. The van der Waals surface area contributed by atoms with Crippen molar-refractivity contribution < 1.29 is 4.79 Å². The van der Waals surface area contributed by atoms with Gasteiger partial charge in [-0.1, -0.05) is 41.9 Å². The van der Waals surface area contributed by atoms with Crippen LogP contribution in [-0.4, -0.2) is 5.78 Å². The molecule has 2 N–H and O–H groups in total. The molecule has 5 rings (SSSR count). The van der Waals surface area contributed by atoms with Crippen LogP contribution in [0.5, 0.6) is 0 Å². The lowest BCUT2D eigenvalue weighted by Gasteiger charge is -2.29. The van der Waals surface area contributed by atoms with Crippen LogP contribution in [0.4, 0.5) is 11.4 Å². The number of halogens is 1. The highest BCUT2D eigenvalue weighted by atomic mass is 35.5. The number of carbonyl (C=O) groups is 1. The Kier molecular flexibility index (Phi) is 4.69. The molecule has 0 saturated carbocycles. The Balaban J connectivity index is 1.62. The Bertz CT molecular complexity index is 1130. The van der Waals surface area contributed by atoms with Crippen molar-refractivity contribution in [3.63, 3.8) is 0 Å². The quantitative estimate of drug-likeness (QED) is 0.485. The van der Waals surface area contributed by atoms with Gasteiger partial charge >= 0.3 is 0 Å². The molecule has 146 valence electrons. The monoisotopic (exact) mass is 420 g/mol. The van der Waals surface area contributed by atoms with Crippen molar-refractivity contribution in [3.05, 3.63) is 92.3 Å². The van der Waals surface area contributed by atoms with E-state index in [0.717, 1.165) is 44.5 Å². The molecule has 0 amide bonds. The van der Waals surface area contributed by atoms with E-state index in [1.807, 2.05) is 36.4 Å². The van der Waals surface area contributed by atoms with Gasteiger partial charge in [-0.05, 0) is 55.2 Å². The first-order valence-electron chi connectivity index (χ1n) is 9.80. The van der Waals surface area contributed by atoms with Gasteiger partial charge in [-0.25, -0.2) is 0 Å². The molecule has 3 aromatic rings. The molecule has 0 bridgehead atoms. The number of aryl methyl sites for hydroxylation is 1. The number of allylic oxidation sites excluding steroid dienone is 1. The van der Waals surface area contributed by atoms with Gasteiger partial charge < -0.3 is 10.6 Å². The van der Waals surface area contributed by atoms with E-state index in [1.54, 1.807) is 11.3 Å². The fourth-order valence-electron chi connectivity index (χ4n) is 4.34. The average molecular weight is 421 g/mol. The molecule has 0 radical (unpaired) electrons. The van der Waals surface area contributed by atoms with E-state index in [4.69, 9.17) is 11.6 Å². The van der Waals surface area contributed by atoms with E-state index >= 15 is 0 Å². The summed E-state index contributed by atoms with van der Waals surface area (Å²) in [5.74, 6) is 0.262. The van der Waals surface area contributed by atoms with Crippen molar-refractivity contribution >= 4 is 40.1 Å². The van der Waals surface area contributed by atoms with Gasteiger partial charge in [0.2, 0.25) is 0 Å². The van der Waals surface area contributed by atoms with Crippen molar-refractivity contribution in [2.75, 3.05) is 10.6 Å². The molecule has 3 nitrogen and oxygen atoms in total. The molecule has 29 heavy (non-hydrogen) atoms. The number of thiophene rings is 1. The normalized spacial score (nSPS) is 21.0. The lowest BCUT2D eigenvalue weighted by molar-refractivity contribution is -0.116. The first-order valence-corrected chi connectivity index (χ1v) is 11.0. The number of hydrogen-bond donors (Lipinski definition) is 2. The SMILES string of the molecule is Cc1ccc([C@@H]2Nc3ccccc3NC3=C2C(=O)C[C@H](c2ccccc2Cl)C3)s1. The molecular formula is C24H21ClN2OS. The second kappa shape index (κ2) is 7.36. The van der Waals surface area contributed by atoms with Crippen molar-refractivity contribution in [3.8, 4) is 0 Å². The van der Waals surface area contributed by atoms with Gasteiger partial charge in [0.25, 0.3) is 0 Å². The second-order valence-corrected chi connectivity index (χ2v) is 9.37. The summed E-state index contributed by atoms with van der Waals surface area (Å²) >= 11 is 8.20. The van der Waals surface area contributed by atoms with Crippen molar-refractivity contribution in [2.45, 2.75) is 31.7 Å². The summed E-state index contributed by atoms with van der Waals surface area (Å²) in [4.78, 5) is 15.8. The highest BCUT2D eigenvalue weighted by Crippen LogP contribution is 2.46. The van der Waals surface area contributed by atoms with Crippen LogP contribution >= 0.6 is 22.9 Å². The van der Waals surface area contributed by atoms with E-state index in [9.17, 15) is 4.79 Å². The van der Waals surface area contributed by atoms with Gasteiger partial charge in [-0.2, -0.15) is 0 Å². The minimum atomic E-state index is -0.139. The summed E-state index contributed by atoms with van der Waals surface area (Å²) in [5.41, 5.74) is 4.92. The van der Waals surface area contributed by atoms with Crippen molar-refractivity contribution in [2.24, 2.45) is 0 Å². The summed E-state index contributed by atoms with van der Waals surface area (Å²) in [7, 11) is 0. The van der Waals surface area contributed by atoms with Crippen LogP contribution in [0.3, 0.4) is 0 Å². The van der Waals surface area contributed by atoms with Crippen LogP contribution in [-0.2, 0) is 4.79 Å². The zero-order chi connectivity index (χ0) is 20.0. The zero-order valence-corrected chi connectivity index (χ0v) is 17.6. The Morgan fingerprint density at radius 1 is 0.966 bits per heavy atom. The van der Waals surface area contributed by atoms with Gasteiger partial charge in [0.05, 0.1) is 17.4 Å². The number of Topliss-reactive ketones (excluding diaryl/α,β-unsaturated/α-hetero) is 1. The predicted octanol–water partition coefficient (Wildman–Crippen LogP) is 6.69. The molecular weight excluding hydrogens is 400 g/mol. The first-order chi connectivity index (χ1) is 14.1. The maximum atomic E-state index is 13.4. The first kappa shape index (κ1) is 18.5. The Hall–Kier alpha value is -2.56. The standard InChI is InChI=1S/C24H21ClN2OS/c1-14-10-11-22(29-14)24-23-20(26-18-8-4-5-9-19(18)27-24)12-15(13-21(23)28)16-6-2-3-7-17(16)25/h2-11,15,24,26-27H,12-13H2,1H3/t15-,24+/m1/s1. The van der Waals surface area contributed by atoms with Crippen molar-refractivity contribution in [1.82, 2.24) is 0 Å². The molecule has 1 aromatic heterocycles. The maximum absolute atomic E-state index is 13.4. The van der Waals surface area contributed by atoms with Gasteiger partial charge in [-0.3, -0.25) is 4.79 Å². The third kappa shape index (κ3) is 3.37. The van der Waals surface area contributed by atoms with E-state index in [0.29, 0.717) is 6.42 Å². The second-order valence-electron chi connectivity index (χ2n) is 7.64. The third-order valence-electron chi connectivity index (χ3n) is 5.70. The summed E-state index contributed by atoms with van der Waals surface area (Å²) in [6.07, 6.45) is 1.24. The Morgan fingerprint density at radius 2 is 1.72 bits per heavy atom. The number of carbonyl (C=O) groups excluding carboxylic acids is 1. The van der Waals surface area contributed by atoms with E-state index < -0.39 is 0 Å². The van der Waals surface area contributed by atoms with Crippen LogP contribution in [0.15, 0.2) is 71.9 Å². The summed E-state index contributed by atoms with van der Waals surface area (Å²) < 4.78 is 0. The number of fused-ring (bicyclic) bond motifs is 1. The molecule has 2 atom stereocenters. The molecule has 2 heterocycles. The van der Waals surface area contributed by atoms with Crippen LogP contribution in [0, 0.1) is 6.92 Å². The molecule has 0 unspecified atom stereocenters. The highest BCUT2D eigenvalue weighted by molar-refractivity contribution is 7.12. The van der Waals surface area contributed by atoms with Crippen LogP contribution in [0.2, 0.25) is 5.02 Å². The molecule has 1 aliphatic carbocycles. The maximum Gasteiger partial charge on any atom is 0.163 e. The lowest BCUT2D eigenvalue weighted by atomic mass is 9.79. The molecule has 5 heteroatoms. The number of para-hydroxylation sites is 2. The van der Waals surface area contributed by atoms with Crippen molar-refractivity contribution in [1.29, 1.82) is 0 Å². The van der Waals surface area contributed by atoms with E-state index in [1.165, 1.54) is 4.88 Å². The number of nitrogens with one attached hydrogen (secondary N) is 2. The predicted molar refractivity (Wildman–Crippen MR) is 121 cm³/mol. The molecule has 0 saturated heterocycles. The molecule has 2 aliphatic rings. The fourth-order valence-corrected chi connectivity index (χ4v) is 5.57.